The van der Waals surface area contributed by atoms with Crippen molar-refractivity contribution in [1.82, 2.24) is 14.5 Å². The van der Waals surface area contributed by atoms with Crippen molar-refractivity contribution in [1.29, 1.82) is 0 Å². The fraction of sp³-hybridized carbons (Fsp3) is 0.682. The van der Waals surface area contributed by atoms with Crippen molar-refractivity contribution in [2.45, 2.75) is 57.9 Å². The number of nitrogens with one attached hydrogen (secondary N) is 1. The number of carbonyl (C=O) groups excluding carboxylic acids is 1. The van der Waals surface area contributed by atoms with Gasteiger partial charge in [0.1, 0.15) is 0 Å². The Bertz CT molecular complexity index is 852. The van der Waals surface area contributed by atoms with E-state index in [0.29, 0.717) is 31.6 Å². The van der Waals surface area contributed by atoms with E-state index in [9.17, 15) is 13.2 Å². The van der Waals surface area contributed by atoms with Crippen LogP contribution in [-0.2, 0) is 10.0 Å². The average Bonchev–Trinajstić information content (AvgIpc) is 2.73. The van der Waals surface area contributed by atoms with Crippen LogP contribution >= 0.6 is 28.3 Å². The Morgan fingerprint density at radius 2 is 1.77 bits per heavy atom. The number of hydrogen-bond acceptors (Lipinski definition) is 4. The van der Waals surface area contributed by atoms with E-state index >= 15 is 0 Å². The summed E-state index contributed by atoms with van der Waals surface area (Å²) in [5.41, 5.74) is 1.59. The number of piperazine rings is 1. The first-order valence-electron chi connectivity index (χ1n) is 11.0. The fourth-order valence-electron chi connectivity index (χ4n) is 4.86. The topological polar surface area (TPSA) is 69.7 Å². The molecule has 2 aliphatic rings. The lowest BCUT2D eigenvalue weighted by Crippen LogP contribution is -2.62. The SMILES string of the molecule is CCCS(=O)(=O)N1CCN(C2(CNC(=O)c3ccc(Br)cc3C)CCCCC2)CC1.Cl. The molecule has 0 atom stereocenters. The molecule has 176 valence electrons. The molecular weight excluding hydrogens is 502 g/mol. The summed E-state index contributed by atoms with van der Waals surface area (Å²) in [4.78, 5) is 15.3. The molecule has 0 unspecified atom stereocenters. The van der Waals surface area contributed by atoms with Crippen molar-refractivity contribution in [2.75, 3.05) is 38.5 Å². The molecule has 31 heavy (non-hydrogen) atoms. The summed E-state index contributed by atoms with van der Waals surface area (Å²) in [7, 11) is -3.14. The van der Waals surface area contributed by atoms with Gasteiger partial charge in [-0.25, -0.2) is 8.42 Å². The van der Waals surface area contributed by atoms with E-state index in [1.165, 1.54) is 6.42 Å². The molecule has 1 aliphatic carbocycles. The van der Waals surface area contributed by atoms with Crippen molar-refractivity contribution in [2.24, 2.45) is 0 Å². The molecule has 1 aliphatic heterocycles. The monoisotopic (exact) mass is 535 g/mol. The van der Waals surface area contributed by atoms with Crippen LogP contribution in [0.1, 0.15) is 61.4 Å². The van der Waals surface area contributed by atoms with Gasteiger partial charge in [-0.1, -0.05) is 42.1 Å². The Morgan fingerprint density at radius 3 is 2.35 bits per heavy atom. The molecule has 1 amide bonds. The van der Waals surface area contributed by atoms with Crippen molar-refractivity contribution >= 4 is 44.3 Å². The van der Waals surface area contributed by atoms with Crippen molar-refractivity contribution in [3.05, 3.63) is 33.8 Å². The summed E-state index contributed by atoms with van der Waals surface area (Å²) in [5, 5.41) is 3.20. The third-order valence-electron chi connectivity index (χ3n) is 6.56. The van der Waals surface area contributed by atoms with Gasteiger partial charge in [0.05, 0.1) is 5.75 Å². The van der Waals surface area contributed by atoms with Crippen LogP contribution in [0, 0.1) is 6.92 Å². The van der Waals surface area contributed by atoms with Crippen LogP contribution in [0.25, 0.3) is 0 Å². The first-order chi connectivity index (χ1) is 14.3. The number of rotatable bonds is 7. The minimum Gasteiger partial charge on any atom is -0.350 e. The van der Waals surface area contributed by atoms with Crippen molar-refractivity contribution in [3.63, 3.8) is 0 Å². The summed E-state index contributed by atoms with van der Waals surface area (Å²) >= 11 is 3.45. The third-order valence-corrected chi connectivity index (χ3v) is 9.13. The number of sulfonamides is 1. The normalized spacial score (nSPS) is 20.1. The maximum atomic E-state index is 12.9. The smallest absolute Gasteiger partial charge is 0.251 e. The molecule has 1 saturated heterocycles. The van der Waals surface area contributed by atoms with E-state index in [4.69, 9.17) is 0 Å². The standard InChI is InChI=1S/C22H34BrN3O3S.ClH/c1-3-15-30(28,29)26-13-11-25(12-14-26)22(9-5-4-6-10-22)17-24-21(27)20-8-7-19(23)16-18(20)2;/h7-8,16H,3-6,9-15,17H2,1-2H3,(H,24,27);1H. The number of benzene rings is 1. The molecule has 1 saturated carbocycles. The highest BCUT2D eigenvalue weighted by atomic mass is 79.9. The number of amides is 1. The largest absolute Gasteiger partial charge is 0.350 e. The van der Waals surface area contributed by atoms with Gasteiger partial charge in [0.2, 0.25) is 10.0 Å². The van der Waals surface area contributed by atoms with E-state index in [1.54, 1.807) is 4.31 Å². The predicted octanol–water partition coefficient (Wildman–Crippen LogP) is 3.97. The first kappa shape index (κ1) is 26.6. The average molecular weight is 537 g/mol. The maximum Gasteiger partial charge on any atom is 0.251 e. The van der Waals surface area contributed by atoms with E-state index in [0.717, 1.165) is 48.8 Å². The highest BCUT2D eigenvalue weighted by Gasteiger charge is 2.40. The zero-order valence-electron chi connectivity index (χ0n) is 18.5. The fourth-order valence-corrected chi connectivity index (χ4v) is 6.83. The Morgan fingerprint density at radius 1 is 1.13 bits per heavy atom. The van der Waals surface area contributed by atoms with Crippen LogP contribution in [0.5, 0.6) is 0 Å². The zero-order chi connectivity index (χ0) is 21.8. The molecule has 9 heteroatoms. The van der Waals surface area contributed by atoms with E-state index in [1.807, 2.05) is 32.0 Å². The minimum absolute atomic E-state index is 0. The molecular formula is C22H35BrClN3O3S. The summed E-state index contributed by atoms with van der Waals surface area (Å²) < 4.78 is 27.5. The number of carbonyl (C=O) groups is 1. The van der Waals surface area contributed by atoms with Gasteiger partial charge in [0, 0.05) is 48.3 Å². The number of halogens is 2. The van der Waals surface area contributed by atoms with Gasteiger partial charge in [0.25, 0.3) is 5.91 Å². The highest BCUT2D eigenvalue weighted by molar-refractivity contribution is 9.10. The molecule has 0 bridgehead atoms. The molecule has 1 aromatic rings. The Kier molecular flexibility index (Phi) is 9.82. The lowest BCUT2D eigenvalue weighted by Gasteiger charge is -2.49. The molecule has 0 spiro atoms. The molecule has 2 fully saturated rings. The molecule has 0 aromatic heterocycles. The summed E-state index contributed by atoms with van der Waals surface area (Å²) in [6.45, 7) is 7.02. The second-order valence-corrected chi connectivity index (χ2v) is 11.6. The van der Waals surface area contributed by atoms with Gasteiger partial charge in [-0.15, -0.1) is 12.4 Å². The van der Waals surface area contributed by atoms with Gasteiger partial charge >= 0.3 is 0 Å². The molecule has 1 aromatic carbocycles. The summed E-state index contributed by atoms with van der Waals surface area (Å²) in [6.07, 6.45) is 6.28. The predicted molar refractivity (Wildman–Crippen MR) is 132 cm³/mol. The molecule has 3 rings (SSSR count). The second-order valence-electron chi connectivity index (χ2n) is 8.63. The van der Waals surface area contributed by atoms with Gasteiger partial charge < -0.3 is 5.32 Å². The molecule has 6 nitrogen and oxygen atoms in total. The lowest BCUT2D eigenvalue weighted by molar-refractivity contribution is 0.0240. The van der Waals surface area contributed by atoms with Gasteiger partial charge in [-0.2, -0.15) is 4.31 Å². The van der Waals surface area contributed by atoms with Crippen LogP contribution in [0.2, 0.25) is 0 Å². The Hall–Kier alpha value is -0.670. The lowest BCUT2D eigenvalue weighted by atomic mass is 9.79. The highest BCUT2D eigenvalue weighted by Crippen LogP contribution is 2.34. The molecule has 1 heterocycles. The van der Waals surface area contributed by atoms with Gasteiger partial charge in [-0.3, -0.25) is 9.69 Å². The Balaban J connectivity index is 0.00000341. The van der Waals surface area contributed by atoms with E-state index in [2.05, 4.69) is 26.1 Å². The summed E-state index contributed by atoms with van der Waals surface area (Å²) in [5.74, 6) is 0.190. The van der Waals surface area contributed by atoms with Gasteiger partial charge in [-0.05, 0) is 49.9 Å². The van der Waals surface area contributed by atoms with E-state index < -0.39 is 10.0 Å². The third kappa shape index (κ3) is 6.44. The van der Waals surface area contributed by atoms with Gasteiger partial charge in [0.15, 0.2) is 0 Å². The first-order valence-corrected chi connectivity index (χ1v) is 13.4. The summed E-state index contributed by atoms with van der Waals surface area (Å²) in [6, 6.07) is 5.72. The van der Waals surface area contributed by atoms with Crippen LogP contribution < -0.4 is 5.32 Å². The number of nitrogens with zero attached hydrogens (tertiary/aromatic N) is 2. The van der Waals surface area contributed by atoms with Crippen LogP contribution in [0.4, 0.5) is 0 Å². The zero-order valence-corrected chi connectivity index (χ0v) is 21.7. The second kappa shape index (κ2) is 11.5. The quantitative estimate of drug-likeness (QED) is 0.572. The maximum absolute atomic E-state index is 12.9. The van der Waals surface area contributed by atoms with Crippen LogP contribution in [0.3, 0.4) is 0 Å². The number of hydrogen-bond donors (Lipinski definition) is 1. The molecule has 1 N–H and O–H groups in total. The number of aryl methyl sites for hydroxylation is 1. The minimum atomic E-state index is -3.14. The molecule has 0 radical (unpaired) electrons. The van der Waals surface area contributed by atoms with Crippen LogP contribution in [0.15, 0.2) is 22.7 Å². The Labute approximate surface area is 201 Å². The van der Waals surface area contributed by atoms with Crippen molar-refractivity contribution in [3.8, 4) is 0 Å². The van der Waals surface area contributed by atoms with Crippen molar-refractivity contribution < 1.29 is 13.2 Å². The van der Waals surface area contributed by atoms with Crippen LogP contribution in [-0.4, -0.2) is 67.5 Å². The van der Waals surface area contributed by atoms with E-state index in [-0.39, 0.29) is 29.6 Å².